The Morgan fingerprint density at radius 3 is 2.65 bits per heavy atom. The zero-order chi connectivity index (χ0) is 27.3. The molecule has 3 N–H and O–H groups in total. The van der Waals surface area contributed by atoms with Gasteiger partial charge in [-0.3, -0.25) is 4.79 Å². The van der Waals surface area contributed by atoms with Crippen LogP contribution in [0, 0.1) is 18.3 Å². The van der Waals surface area contributed by atoms with Crippen LogP contribution >= 0.6 is 0 Å². The van der Waals surface area contributed by atoms with Gasteiger partial charge in [0.15, 0.2) is 0 Å². The second-order valence-electron chi connectivity index (χ2n) is 11.7. The molecular formula is C30H47FN4O2. The number of hydrogen-bond donors (Lipinski definition) is 3. The molecular weight excluding hydrogens is 467 g/mol. The Morgan fingerprint density at radius 1 is 1.24 bits per heavy atom. The number of hydrazine groups is 1. The highest BCUT2D eigenvalue weighted by Gasteiger charge is 2.38. The van der Waals surface area contributed by atoms with E-state index in [-0.39, 0.29) is 29.4 Å². The standard InChI is InChI=1S/C30H47FN4O2/c1-19-12-13-23(10-9-11-26(19)31)21(3)35-18-30(5,6)17-25(29(35)36)15-24-16-28(37-8)27(14-20(24)2)34-33-22(4)32-7/h10,14-16,19,21-22,26,32-34H,9,11-13,17-18H2,1-8H3/b23-10+,25-15+/t19?,21-,22?,26?/m0/s1. The van der Waals surface area contributed by atoms with Crippen molar-refractivity contribution in [3.8, 4) is 5.75 Å². The number of aryl methyl sites for hydroxylation is 1. The van der Waals surface area contributed by atoms with Gasteiger partial charge in [0.25, 0.3) is 0 Å². The van der Waals surface area contributed by atoms with Crippen molar-refractivity contribution in [2.75, 3.05) is 26.1 Å². The summed E-state index contributed by atoms with van der Waals surface area (Å²) in [6.07, 6.45) is 7.26. The first-order valence-electron chi connectivity index (χ1n) is 13.7. The summed E-state index contributed by atoms with van der Waals surface area (Å²) in [5.41, 5.74) is 11.3. The number of piperidine rings is 1. The molecule has 3 rings (SSSR count). The van der Waals surface area contributed by atoms with E-state index in [1.807, 2.05) is 44.0 Å². The Balaban J connectivity index is 1.88. The molecule has 1 aromatic carbocycles. The van der Waals surface area contributed by atoms with Crippen molar-refractivity contribution in [3.63, 3.8) is 0 Å². The number of likely N-dealkylation sites (tertiary alicyclic amines) is 1. The number of halogens is 1. The van der Waals surface area contributed by atoms with Gasteiger partial charge in [-0.1, -0.05) is 32.4 Å². The zero-order valence-electron chi connectivity index (χ0n) is 24.0. The average Bonchev–Trinajstić information content (AvgIpc) is 2.85. The van der Waals surface area contributed by atoms with Crippen LogP contribution in [0.25, 0.3) is 6.08 Å². The zero-order valence-corrected chi connectivity index (χ0v) is 24.0. The second-order valence-corrected chi connectivity index (χ2v) is 11.7. The van der Waals surface area contributed by atoms with Crippen molar-refractivity contribution in [1.29, 1.82) is 0 Å². The molecule has 1 saturated heterocycles. The summed E-state index contributed by atoms with van der Waals surface area (Å²) in [7, 11) is 3.54. The lowest BCUT2D eigenvalue weighted by Crippen LogP contribution is -2.50. The first-order chi connectivity index (χ1) is 17.5. The summed E-state index contributed by atoms with van der Waals surface area (Å²) in [6.45, 7) is 13.4. The minimum Gasteiger partial charge on any atom is -0.495 e. The molecule has 0 radical (unpaired) electrons. The molecule has 4 atom stereocenters. The number of benzene rings is 1. The molecule has 206 valence electrons. The highest BCUT2D eigenvalue weighted by molar-refractivity contribution is 5.99. The number of carbonyl (C=O) groups excluding carboxylic acids is 1. The van der Waals surface area contributed by atoms with Gasteiger partial charge < -0.3 is 20.4 Å². The predicted octanol–water partition coefficient (Wildman–Crippen LogP) is 5.99. The number of anilines is 1. The Labute approximate surface area is 223 Å². The number of carbonyl (C=O) groups is 1. The lowest BCUT2D eigenvalue weighted by atomic mass is 9.79. The number of rotatable bonds is 8. The third-order valence-corrected chi connectivity index (χ3v) is 7.94. The molecule has 0 bridgehead atoms. The number of hydrogen-bond acceptors (Lipinski definition) is 5. The Kier molecular flexibility index (Phi) is 9.81. The maximum Gasteiger partial charge on any atom is 0.250 e. The van der Waals surface area contributed by atoms with Crippen LogP contribution in [0.3, 0.4) is 0 Å². The third kappa shape index (κ3) is 7.35. The molecule has 1 aromatic rings. The van der Waals surface area contributed by atoms with E-state index in [1.54, 1.807) is 7.11 Å². The van der Waals surface area contributed by atoms with Gasteiger partial charge in [-0.25, -0.2) is 9.82 Å². The van der Waals surface area contributed by atoms with E-state index in [1.165, 1.54) is 5.57 Å². The van der Waals surface area contributed by atoms with Gasteiger partial charge in [-0.15, -0.1) is 0 Å². The fourth-order valence-corrected chi connectivity index (χ4v) is 5.33. The molecule has 0 aromatic heterocycles. The molecule has 1 aliphatic heterocycles. The second kappa shape index (κ2) is 12.4. The largest absolute Gasteiger partial charge is 0.495 e. The summed E-state index contributed by atoms with van der Waals surface area (Å²) in [6, 6.07) is 4.03. The van der Waals surface area contributed by atoms with Gasteiger partial charge in [0.05, 0.1) is 25.0 Å². The number of methoxy groups -OCH3 is 1. The molecule has 1 heterocycles. The number of nitrogens with one attached hydrogen (secondary N) is 3. The van der Waals surface area contributed by atoms with E-state index in [2.05, 4.69) is 49.9 Å². The molecule has 1 fully saturated rings. The van der Waals surface area contributed by atoms with Crippen molar-refractivity contribution in [3.05, 3.63) is 40.5 Å². The van der Waals surface area contributed by atoms with Gasteiger partial charge in [0.1, 0.15) is 11.9 Å². The molecule has 3 unspecified atom stereocenters. The fraction of sp³-hybridized carbons (Fsp3) is 0.633. The SMILES string of the molecule is CNC(C)NNc1cc(C)c(/C=C2\CC(C)(C)CN([C@@H](C)/C3=C/CCC(F)C(C)CC3)C2=O)cc1OC. The van der Waals surface area contributed by atoms with E-state index in [9.17, 15) is 9.18 Å². The van der Waals surface area contributed by atoms with E-state index in [0.717, 1.165) is 48.1 Å². The smallest absolute Gasteiger partial charge is 0.250 e. The van der Waals surface area contributed by atoms with Crippen LogP contribution in [0.5, 0.6) is 5.75 Å². The van der Waals surface area contributed by atoms with Crippen LogP contribution in [-0.2, 0) is 4.79 Å². The van der Waals surface area contributed by atoms with E-state index in [4.69, 9.17) is 4.74 Å². The minimum atomic E-state index is -0.734. The molecule has 0 spiro atoms. The van der Waals surface area contributed by atoms with Crippen LogP contribution in [0.1, 0.15) is 77.8 Å². The van der Waals surface area contributed by atoms with Crippen molar-refractivity contribution in [1.82, 2.24) is 15.6 Å². The first-order valence-corrected chi connectivity index (χ1v) is 13.7. The Hall–Kier alpha value is -2.38. The highest BCUT2D eigenvalue weighted by Crippen LogP contribution is 2.38. The van der Waals surface area contributed by atoms with Gasteiger partial charge in [-0.2, -0.15) is 0 Å². The van der Waals surface area contributed by atoms with Crippen molar-refractivity contribution < 1.29 is 13.9 Å². The number of amides is 1. The lowest BCUT2D eigenvalue weighted by molar-refractivity contribution is -0.132. The first kappa shape index (κ1) is 29.2. The van der Waals surface area contributed by atoms with Crippen molar-refractivity contribution in [2.24, 2.45) is 11.3 Å². The summed E-state index contributed by atoms with van der Waals surface area (Å²) in [5, 5.41) is 3.13. The van der Waals surface area contributed by atoms with Gasteiger partial charge in [0.2, 0.25) is 5.91 Å². The Bertz CT molecular complexity index is 1020. The average molecular weight is 515 g/mol. The number of alkyl halides is 1. The van der Waals surface area contributed by atoms with Crippen LogP contribution < -0.4 is 20.9 Å². The number of ether oxygens (including phenoxy) is 1. The maximum absolute atomic E-state index is 14.2. The summed E-state index contributed by atoms with van der Waals surface area (Å²) >= 11 is 0. The lowest BCUT2D eigenvalue weighted by Gasteiger charge is -2.43. The van der Waals surface area contributed by atoms with Crippen molar-refractivity contribution >= 4 is 17.7 Å². The van der Waals surface area contributed by atoms with E-state index >= 15 is 0 Å². The maximum atomic E-state index is 14.2. The van der Waals surface area contributed by atoms with Gasteiger partial charge in [-0.05, 0) is 101 Å². The minimum absolute atomic E-state index is 0.00119. The topological polar surface area (TPSA) is 65.6 Å². The summed E-state index contributed by atoms with van der Waals surface area (Å²) in [5.74, 6) is 0.865. The molecule has 1 amide bonds. The molecule has 0 saturated carbocycles. The number of nitrogens with zero attached hydrogens (tertiary/aromatic N) is 1. The van der Waals surface area contributed by atoms with Crippen LogP contribution in [-0.4, -0.2) is 49.9 Å². The molecule has 1 aliphatic carbocycles. The summed E-state index contributed by atoms with van der Waals surface area (Å²) in [4.78, 5) is 15.9. The molecule has 6 nitrogen and oxygen atoms in total. The van der Waals surface area contributed by atoms with Crippen LogP contribution in [0.2, 0.25) is 0 Å². The van der Waals surface area contributed by atoms with E-state index < -0.39 is 6.17 Å². The third-order valence-electron chi connectivity index (χ3n) is 7.94. The molecule has 37 heavy (non-hydrogen) atoms. The number of allylic oxidation sites excluding steroid dienone is 1. The monoisotopic (exact) mass is 514 g/mol. The normalized spacial score (nSPS) is 26.6. The highest BCUT2D eigenvalue weighted by atomic mass is 19.1. The van der Waals surface area contributed by atoms with Crippen molar-refractivity contribution in [2.45, 2.75) is 92.0 Å². The molecule has 7 heteroatoms. The summed E-state index contributed by atoms with van der Waals surface area (Å²) < 4.78 is 19.9. The molecule has 2 aliphatic rings. The van der Waals surface area contributed by atoms with Crippen LogP contribution in [0.15, 0.2) is 29.4 Å². The Morgan fingerprint density at radius 2 is 1.97 bits per heavy atom. The van der Waals surface area contributed by atoms with Gasteiger partial charge >= 0.3 is 0 Å². The van der Waals surface area contributed by atoms with Crippen LogP contribution in [0.4, 0.5) is 10.1 Å². The van der Waals surface area contributed by atoms with E-state index in [0.29, 0.717) is 18.7 Å². The quantitative estimate of drug-likeness (QED) is 0.172. The van der Waals surface area contributed by atoms with Gasteiger partial charge in [0, 0.05) is 12.1 Å². The predicted molar refractivity (Wildman–Crippen MR) is 151 cm³/mol. The fourth-order valence-electron chi connectivity index (χ4n) is 5.33.